The molecule has 0 spiro atoms. The summed E-state index contributed by atoms with van der Waals surface area (Å²) >= 11 is 0. The van der Waals surface area contributed by atoms with Gasteiger partial charge in [-0.15, -0.1) is 5.10 Å². The molecule has 0 atom stereocenters. The Hall–Kier alpha value is -6.23. The summed E-state index contributed by atoms with van der Waals surface area (Å²) in [7, 11) is 1.52. The summed E-state index contributed by atoms with van der Waals surface area (Å²) in [5.74, 6) is -0.419. The van der Waals surface area contributed by atoms with Gasteiger partial charge in [-0.25, -0.2) is 9.59 Å². The van der Waals surface area contributed by atoms with E-state index in [-0.39, 0.29) is 16.9 Å². The molecule has 55 heavy (non-hydrogen) atoms. The third-order valence-electron chi connectivity index (χ3n) is 9.68. The van der Waals surface area contributed by atoms with Gasteiger partial charge in [-0.05, 0) is 61.0 Å². The Bertz CT molecular complexity index is 2250. The molecule has 1 heterocycles. The summed E-state index contributed by atoms with van der Waals surface area (Å²) < 4.78 is 12.1. The normalized spacial score (nSPS) is 11.1. The highest BCUT2D eigenvalue weighted by Gasteiger charge is 2.25. The monoisotopic (exact) mass is 741 g/mol. The summed E-state index contributed by atoms with van der Waals surface area (Å²) in [6.07, 6.45) is 11.4. The molecule has 0 aliphatic rings. The predicted octanol–water partition coefficient (Wildman–Crippen LogP) is 10.2. The van der Waals surface area contributed by atoms with Crippen molar-refractivity contribution in [1.82, 2.24) is 15.0 Å². The maximum atomic E-state index is 14.6. The van der Waals surface area contributed by atoms with Crippen LogP contribution in [0.25, 0.3) is 21.8 Å². The van der Waals surface area contributed by atoms with Crippen molar-refractivity contribution in [3.63, 3.8) is 0 Å². The van der Waals surface area contributed by atoms with E-state index in [4.69, 9.17) is 9.47 Å². The lowest BCUT2D eigenvalue weighted by Gasteiger charge is -2.24. The predicted molar refractivity (Wildman–Crippen MR) is 215 cm³/mol. The summed E-state index contributed by atoms with van der Waals surface area (Å²) in [5, 5.41) is 23.7. The largest absolute Gasteiger partial charge is 0.506 e. The van der Waals surface area contributed by atoms with E-state index >= 15 is 0 Å². The van der Waals surface area contributed by atoms with Gasteiger partial charge >= 0.3 is 12.0 Å². The van der Waals surface area contributed by atoms with Crippen LogP contribution in [0.4, 0.5) is 16.2 Å². The quantitative estimate of drug-likeness (QED) is 0.0536. The molecular formula is C44H47N5O6. The Labute approximate surface area is 320 Å². The van der Waals surface area contributed by atoms with Crippen molar-refractivity contribution >= 4 is 51.1 Å². The second-order valence-corrected chi connectivity index (χ2v) is 13.5. The van der Waals surface area contributed by atoms with Gasteiger partial charge in [0.15, 0.2) is 0 Å². The number of rotatable bonds is 17. The van der Waals surface area contributed by atoms with Gasteiger partial charge in [-0.1, -0.05) is 118 Å². The van der Waals surface area contributed by atoms with E-state index in [0.717, 1.165) is 25.7 Å². The fraction of sp³-hybridized carbons (Fsp3) is 0.295. The van der Waals surface area contributed by atoms with Crippen LogP contribution >= 0.6 is 0 Å². The van der Waals surface area contributed by atoms with Crippen molar-refractivity contribution in [3.05, 3.63) is 114 Å². The molecule has 284 valence electrons. The number of nitrogens with one attached hydrogen (secondary N) is 1. The minimum absolute atomic E-state index is 0.0697. The number of ether oxygens (including phenoxy) is 2. The molecule has 0 saturated carbocycles. The highest BCUT2D eigenvalue weighted by molar-refractivity contribution is 6.13. The van der Waals surface area contributed by atoms with Crippen molar-refractivity contribution in [3.8, 4) is 17.2 Å². The number of anilines is 2. The smallest absolute Gasteiger partial charge is 0.351 e. The number of nitrogens with zero attached hydrogens (tertiary/aromatic N) is 4. The lowest BCUT2D eigenvalue weighted by Crippen LogP contribution is -2.36. The molecule has 1 aromatic heterocycles. The van der Waals surface area contributed by atoms with Gasteiger partial charge < -0.3 is 19.9 Å². The summed E-state index contributed by atoms with van der Waals surface area (Å²) in [6.45, 7) is 2.59. The number of aromatic nitrogens is 3. The number of benzene rings is 5. The number of amides is 2. The van der Waals surface area contributed by atoms with Crippen LogP contribution in [0.1, 0.15) is 91.8 Å². The SMILES string of the molecule is CCCCCCCCCCCCN(C(=O)n1nnc2ccc(C(=O)Oc3ccccc3)cc21)c1cccc2c(O)c(C(=O)Nc3ccccc3OC)ccc12. The summed E-state index contributed by atoms with van der Waals surface area (Å²) in [4.78, 5) is 42.7. The molecule has 0 saturated heterocycles. The number of fused-ring (bicyclic) bond motifs is 2. The first kappa shape index (κ1) is 38.5. The highest BCUT2D eigenvalue weighted by atomic mass is 16.5. The first-order valence-electron chi connectivity index (χ1n) is 19.0. The Balaban J connectivity index is 1.28. The molecule has 0 bridgehead atoms. The standard InChI is InChI=1S/C44H47N5O6/c1-3-4-5-6-7-8-9-10-11-17-29-48(44(53)49-39-30-31(25-28-36(39)46-47-49)43(52)55-32-19-13-12-14-20-32)38-23-18-21-34-33(38)26-27-35(41(34)50)42(51)45-37-22-15-16-24-40(37)54-2/h12-16,18-28,30,50H,3-11,17,29H2,1-2H3,(H,45,51). The zero-order valence-corrected chi connectivity index (χ0v) is 31.4. The first-order chi connectivity index (χ1) is 26.9. The summed E-state index contributed by atoms with van der Waals surface area (Å²) in [5.41, 5.74) is 2.09. The number of unbranched alkanes of at least 4 members (excludes halogenated alkanes) is 9. The van der Waals surface area contributed by atoms with Crippen molar-refractivity contribution in [2.24, 2.45) is 0 Å². The van der Waals surface area contributed by atoms with Crippen LogP contribution in [0.5, 0.6) is 17.2 Å². The number of esters is 1. The molecule has 0 radical (unpaired) electrons. The maximum absolute atomic E-state index is 14.6. The van der Waals surface area contributed by atoms with E-state index < -0.39 is 17.9 Å². The number of carbonyl (C=O) groups is 3. The Morgan fingerprint density at radius 2 is 1.47 bits per heavy atom. The fourth-order valence-corrected chi connectivity index (χ4v) is 6.71. The Kier molecular flexibility index (Phi) is 13.1. The number of aromatic hydroxyl groups is 1. The second kappa shape index (κ2) is 18.7. The minimum Gasteiger partial charge on any atom is -0.506 e. The number of para-hydroxylation sites is 3. The number of methoxy groups -OCH3 is 1. The molecule has 6 aromatic rings. The first-order valence-corrected chi connectivity index (χ1v) is 19.0. The molecule has 11 heteroatoms. The molecular weight excluding hydrogens is 695 g/mol. The molecule has 2 N–H and O–H groups in total. The van der Waals surface area contributed by atoms with Crippen molar-refractivity contribution in [2.45, 2.75) is 71.1 Å². The molecule has 0 unspecified atom stereocenters. The van der Waals surface area contributed by atoms with E-state index in [0.29, 0.717) is 51.2 Å². The Morgan fingerprint density at radius 3 is 2.22 bits per heavy atom. The third kappa shape index (κ3) is 9.29. The zero-order chi connectivity index (χ0) is 38.6. The van der Waals surface area contributed by atoms with E-state index in [9.17, 15) is 19.5 Å². The number of hydrogen-bond acceptors (Lipinski definition) is 8. The number of carbonyl (C=O) groups excluding carboxylic acids is 3. The zero-order valence-electron chi connectivity index (χ0n) is 31.4. The van der Waals surface area contributed by atoms with Crippen LogP contribution in [0, 0.1) is 0 Å². The van der Waals surface area contributed by atoms with Gasteiger partial charge in [-0.3, -0.25) is 9.69 Å². The topological polar surface area (TPSA) is 136 Å². The van der Waals surface area contributed by atoms with Gasteiger partial charge in [0.05, 0.1) is 29.6 Å². The van der Waals surface area contributed by atoms with Crippen LogP contribution < -0.4 is 19.7 Å². The van der Waals surface area contributed by atoms with Crippen LogP contribution in [-0.4, -0.2) is 51.7 Å². The number of hydrogen-bond donors (Lipinski definition) is 2. The van der Waals surface area contributed by atoms with Crippen molar-refractivity contribution in [2.75, 3.05) is 23.9 Å². The molecule has 2 amide bonds. The molecule has 0 aliphatic carbocycles. The molecule has 0 fully saturated rings. The van der Waals surface area contributed by atoms with E-state index in [1.54, 1.807) is 95.9 Å². The van der Waals surface area contributed by atoms with E-state index in [2.05, 4.69) is 22.6 Å². The minimum atomic E-state index is -0.578. The lowest BCUT2D eigenvalue weighted by atomic mass is 10.0. The van der Waals surface area contributed by atoms with Gasteiger partial charge in [0.25, 0.3) is 5.91 Å². The van der Waals surface area contributed by atoms with Gasteiger partial charge in [0.1, 0.15) is 28.3 Å². The van der Waals surface area contributed by atoms with Crippen molar-refractivity contribution in [1.29, 1.82) is 0 Å². The second-order valence-electron chi connectivity index (χ2n) is 13.5. The van der Waals surface area contributed by atoms with E-state index in [1.165, 1.54) is 50.3 Å². The number of phenolic OH excluding ortho intramolecular Hbond substituents is 1. The van der Waals surface area contributed by atoms with Gasteiger partial charge in [0, 0.05) is 17.3 Å². The number of phenols is 1. The average molecular weight is 742 g/mol. The average Bonchev–Trinajstić information content (AvgIpc) is 3.64. The highest BCUT2D eigenvalue weighted by Crippen LogP contribution is 2.36. The summed E-state index contributed by atoms with van der Waals surface area (Å²) in [6, 6.07) is 28.6. The molecule has 11 nitrogen and oxygen atoms in total. The van der Waals surface area contributed by atoms with Crippen LogP contribution in [0.15, 0.2) is 103 Å². The van der Waals surface area contributed by atoms with Crippen molar-refractivity contribution < 1.29 is 29.0 Å². The van der Waals surface area contributed by atoms with Crippen LogP contribution in [0.2, 0.25) is 0 Å². The third-order valence-corrected chi connectivity index (χ3v) is 9.68. The van der Waals surface area contributed by atoms with Gasteiger partial charge in [0.2, 0.25) is 0 Å². The van der Waals surface area contributed by atoms with Gasteiger partial charge in [-0.2, -0.15) is 4.68 Å². The molecule has 6 rings (SSSR count). The lowest BCUT2D eigenvalue weighted by molar-refractivity contribution is 0.0734. The fourth-order valence-electron chi connectivity index (χ4n) is 6.71. The molecule has 0 aliphatic heterocycles. The molecule has 5 aromatic carbocycles. The maximum Gasteiger partial charge on any atom is 0.351 e. The van der Waals surface area contributed by atoms with Crippen LogP contribution in [-0.2, 0) is 0 Å². The Morgan fingerprint density at radius 1 is 0.764 bits per heavy atom. The van der Waals surface area contributed by atoms with E-state index in [1.807, 2.05) is 12.1 Å². The van der Waals surface area contributed by atoms with Crippen LogP contribution in [0.3, 0.4) is 0 Å².